The Morgan fingerprint density at radius 1 is 1.57 bits per heavy atom. The highest BCUT2D eigenvalue weighted by Gasteiger charge is 2.18. The first-order chi connectivity index (χ1) is 6.75. The van der Waals surface area contributed by atoms with E-state index in [4.69, 9.17) is 26.8 Å². The molecular weight excluding hydrogens is 202 g/mol. The number of hydrogen-bond acceptors (Lipinski definition) is 3. The number of nitrogens with two attached hydrogens (primary N) is 1. The summed E-state index contributed by atoms with van der Waals surface area (Å²) in [4.78, 5) is 0. The van der Waals surface area contributed by atoms with Crippen LogP contribution < -0.4 is 10.5 Å². The summed E-state index contributed by atoms with van der Waals surface area (Å²) < 4.78 is 10.7. The first kappa shape index (κ1) is 9.62. The second-order valence-corrected chi connectivity index (χ2v) is 3.69. The van der Waals surface area contributed by atoms with Crippen molar-refractivity contribution in [3.05, 3.63) is 23.2 Å². The van der Waals surface area contributed by atoms with Crippen molar-refractivity contribution >= 4 is 17.3 Å². The molecule has 1 aliphatic heterocycles. The fraction of sp³-hybridized carbons (Fsp3) is 0.400. The normalized spacial score (nSPS) is 20.2. The van der Waals surface area contributed by atoms with Gasteiger partial charge in [0.25, 0.3) is 0 Å². The monoisotopic (exact) mass is 213 g/mol. The second-order valence-electron chi connectivity index (χ2n) is 3.28. The maximum atomic E-state index is 5.93. The van der Waals surface area contributed by atoms with Gasteiger partial charge in [0.2, 0.25) is 0 Å². The Morgan fingerprint density at radius 2 is 2.36 bits per heavy atom. The molecule has 0 radical (unpaired) electrons. The third-order valence-corrected chi connectivity index (χ3v) is 2.47. The van der Waals surface area contributed by atoms with Crippen LogP contribution in [0, 0.1) is 0 Å². The van der Waals surface area contributed by atoms with Gasteiger partial charge in [-0.15, -0.1) is 0 Å². The molecule has 14 heavy (non-hydrogen) atoms. The van der Waals surface area contributed by atoms with Gasteiger partial charge in [-0.05, 0) is 18.2 Å². The van der Waals surface area contributed by atoms with E-state index in [0.29, 0.717) is 23.1 Å². The van der Waals surface area contributed by atoms with Crippen molar-refractivity contribution in [2.45, 2.75) is 12.5 Å². The number of ether oxygens (including phenoxy) is 2. The number of hydrogen-bond donors (Lipinski definition) is 1. The molecule has 1 aromatic rings. The van der Waals surface area contributed by atoms with Crippen molar-refractivity contribution in [1.29, 1.82) is 0 Å². The Hall–Kier alpha value is -0.930. The molecule has 2 rings (SSSR count). The molecule has 0 spiro atoms. The van der Waals surface area contributed by atoms with E-state index in [-0.39, 0.29) is 6.10 Å². The van der Waals surface area contributed by atoms with Crippen LogP contribution in [-0.2, 0) is 4.74 Å². The second kappa shape index (κ2) is 4.07. The van der Waals surface area contributed by atoms with Crippen molar-refractivity contribution in [3.63, 3.8) is 0 Å². The van der Waals surface area contributed by atoms with E-state index in [1.807, 2.05) is 0 Å². The minimum Gasteiger partial charge on any atom is -0.489 e. The van der Waals surface area contributed by atoms with Crippen molar-refractivity contribution in [2.24, 2.45) is 0 Å². The Bertz CT molecular complexity index is 326. The average molecular weight is 214 g/mol. The summed E-state index contributed by atoms with van der Waals surface area (Å²) in [5.41, 5.74) is 6.20. The Balaban J connectivity index is 1.94. The van der Waals surface area contributed by atoms with Gasteiger partial charge in [0, 0.05) is 18.7 Å². The van der Waals surface area contributed by atoms with Gasteiger partial charge < -0.3 is 15.2 Å². The molecule has 1 saturated heterocycles. The van der Waals surface area contributed by atoms with E-state index in [0.717, 1.165) is 13.0 Å². The number of anilines is 1. The van der Waals surface area contributed by atoms with Gasteiger partial charge in [-0.3, -0.25) is 0 Å². The predicted octanol–water partition coefficient (Wildman–Crippen LogP) is 2.09. The SMILES string of the molecule is Nc1ccc(OCC2CCO2)c(Cl)c1. The van der Waals surface area contributed by atoms with Crippen LogP contribution >= 0.6 is 11.6 Å². The molecule has 0 aliphatic carbocycles. The minimum atomic E-state index is 0.226. The van der Waals surface area contributed by atoms with Crippen LogP contribution in [0.3, 0.4) is 0 Å². The molecule has 2 N–H and O–H groups in total. The highest BCUT2D eigenvalue weighted by molar-refractivity contribution is 6.32. The lowest BCUT2D eigenvalue weighted by molar-refractivity contribution is -0.0720. The van der Waals surface area contributed by atoms with E-state index in [1.54, 1.807) is 18.2 Å². The molecule has 0 aromatic heterocycles. The van der Waals surface area contributed by atoms with Gasteiger partial charge in [-0.25, -0.2) is 0 Å². The number of benzene rings is 1. The molecule has 1 heterocycles. The Morgan fingerprint density at radius 3 is 2.93 bits per heavy atom. The molecule has 1 aliphatic rings. The van der Waals surface area contributed by atoms with Crippen LogP contribution in [0.5, 0.6) is 5.75 Å². The molecule has 1 fully saturated rings. The minimum absolute atomic E-state index is 0.226. The molecule has 0 saturated carbocycles. The first-order valence-corrected chi connectivity index (χ1v) is 4.93. The lowest BCUT2D eigenvalue weighted by atomic mass is 10.2. The topological polar surface area (TPSA) is 44.5 Å². The summed E-state index contributed by atoms with van der Waals surface area (Å²) in [6, 6.07) is 5.22. The molecule has 1 atom stereocenters. The average Bonchev–Trinajstić information content (AvgIpc) is 2.05. The van der Waals surface area contributed by atoms with Gasteiger partial charge in [0.05, 0.1) is 11.1 Å². The molecule has 0 bridgehead atoms. The van der Waals surface area contributed by atoms with Crippen LogP contribution in [0.4, 0.5) is 5.69 Å². The molecule has 1 aromatic carbocycles. The lowest BCUT2D eigenvalue weighted by Gasteiger charge is -2.26. The van der Waals surface area contributed by atoms with Crippen LogP contribution in [-0.4, -0.2) is 19.3 Å². The first-order valence-electron chi connectivity index (χ1n) is 4.55. The fourth-order valence-corrected chi connectivity index (χ4v) is 1.48. The lowest BCUT2D eigenvalue weighted by Crippen LogP contribution is -2.32. The van der Waals surface area contributed by atoms with E-state index in [9.17, 15) is 0 Å². The molecule has 3 nitrogen and oxygen atoms in total. The van der Waals surface area contributed by atoms with E-state index in [2.05, 4.69) is 0 Å². The summed E-state index contributed by atoms with van der Waals surface area (Å²) in [6.07, 6.45) is 1.29. The maximum absolute atomic E-state index is 5.93. The highest BCUT2D eigenvalue weighted by Crippen LogP contribution is 2.27. The van der Waals surface area contributed by atoms with Crippen LogP contribution in [0.1, 0.15) is 6.42 Å². The molecule has 76 valence electrons. The summed E-state index contributed by atoms with van der Waals surface area (Å²) in [7, 11) is 0. The summed E-state index contributed by atoms with van der Waals surface area (Å²) >= 11 is 5.93. The van der Waals surface area contributed by atoms with Crippen LogP contribution in [0.2, 0.25) is 5.02 Å². The summed E-state index contributed by atoms with van der Waals surface area (Å²) in [5.74, 6) is 0.663. The van der Waals surface area contributed by atoms with Crippen molar-refractivity contribution in [2.75, 3.05) is 18.9 Å². The van der Waals surface area contributed by atoms with Gasteiger partial charge >= 0.3 is 0 Å². The van der Waals surface area contributed by atoms with E-state index >= 15 is 0 Å². The number of halogens is 1. The molecular formula is C10H12ClNO2. The molecule has 4 heteroatoms. The van der Waals surface area contributed by atoms with Crippen molar-refractivity contribution in [3.8, 4) is 5.75 Å². The fourth-order valence-electron chi connectivity index (χ4n) is 1.23. The summed E-state index contributed by atoms with van der Waals surface area (Å²) in [6.45, 7) is 1.40. The zero-order valence-electron chi connectivity index (χ0n) is 7.70. The maximum Gasteiger partial charge on any atom is 0.138 e. The number of rotatable bonds is 3. The van der Waals surface area contributed by atoms with Crippen molar-refractivity contribution < 1.29 is 9.47 Å². The third-order valence-electron chi connectivity index (χ3n) is 2.17. The van der Waals surface area contributed by atoms with Crippen molar-refractivity contribution in [1.82, 2.24) is 0 Å². The standard InChI is InChI=1S/C10H12ClNO2/c11-9-5-7(12)1-2-10(9)14-6-8-3-4-13-8/h1-2,5,8H,3-4,6,12H2. The van der Waals surface area contributed by atoms with E-state index in [1.165, 1.54) is 0 Å². The largest absolute Gasteiger partial charge is 0.489 e. The van der Waals surface area contributed by atoms with Gasteiger partial charge in [0.15, 0.2) is 0 Å². The van der Waals surface area contributed by atoms with Gasteiger partial charge in [-0.1, -0.05) is 11.6 Å². The van der Waals surface area contributed by atoms with Gasteiger partial charge in [-0.2, -0.15) is 0 Å². The van der Waals surface area contributed by atoms with Crippen LogP contribution in [0.25, 0.3) is 0 Å². The quantitative estimate of drug-likeness (QED) is 0.782. The van der Waals surface area contributed by atoms with E-state index < -0.39 is 0 Å². The summed E-state index contributed by atoms with van der Waals surface area (Å²) in [5, 5.41) is 0.546. The zero-order chi connectivity index (χ0) is 9.97. The van der Waals surface area contributed by atoms with Gasteiger partial charge in [0.1, 0.15) is 12.4 Å². The predicted molar refractivity (Wildman–Crippen MR) is 55.7 cm³/mol. The number of nitrogen functional groups attached to an aromatic ring is 1. The van der Waals surface area contributed by atoms with Crippen LogP contribution in [0.15, 0.2) is 18.2 Å². The Kier molecular flexibility index (Phi) is 2.79. The molecule has 1 unspecified atom stereocenters. The Labute approximate surface area is 87.8 Å². The zero-order valence-corrected chi connectivity index (χ0v) is 8.46. The smallest absolute Gasteiger partial charge is 0.138 e. The third kappa shape index (κ3) is 2.11. The highest BCUT2D eigenvalue weighted by atomic mass is 35.5. The molecule has 0 amide bonds.